The lowest BCUT2D eigenvalue weighted by molar-refractivity contribution is -0.323. The Morgan fingerprint density at radius 2 is 1.12 bits per heavy atom. The minimum atomic E-state index is -1.81. The molecule has 1 aliphatic heterocycles. The monoisotopic (exact) mass is 566 g/mol. The number of carbonyl (C=O) groups is 2. The van der Waals surface area contributed by atoms with Crippen LogP contribution in [0.3, 0.4) is 0 Å². The van der Waals surface area contributed by atoms with Crippen LogP contribution in [0, 0.1) is 0 Å². The van der Waals surface area contributed by atoms with E-state index >= 15 is 4.39 Å². The molecule has 0 N–H and O–H groups in total. The van der Waals surface area contributed by atoms with Gasteiger partial charge in [0.2, 0.25) is 6.29 Å². The number of esters is 2. The van der Waals surface area contributed by atoms with Gasteiger partial charge in [-0.15, -0.1) is 0 Å². The third kappa shape index (κ3) is 9.19. The van der Waals surface area contributed by atoms with Gasteiger partial charge in [0.25, 0.3) is 0 Å². The van der Waals surface area contributed by atoms with Crippen LogP contribution >= 0.6 is 0 Å². The summed E-state index contributed by atoms with van der Waals surface area (Å²) in [5.41, 5.74) is 2.60. The predicted molar refractivity (Wildman–Crippen MR) is 147 cm³/mol. The van der Waals surface area contributed by atoms with Crippen LogP contribution < -0.4 is 0 Å². The molecule has 4 rings (SSSR count). The second-order valence-electron chi connectivity index (χ2n) is 9.68. The van der Waals surface area contributed by atoms with Gasteiger partial charge in [-0.3, -0.25) is 9.59 Å². The predicted octanol–water partition coefficient (Wildman–Crippen LogP) is 4.93. The second-order valence-corrected chi connectivity index (χ2v) is 9.68. The van der Waals surface area contributed by atoms with Crippen LogP contribution in [0.2, 0.25) is 0 Å². The highest BCUT2D eigenvalue weighted by atomic mass is 19.1. The summed E-state index contributed by atoms with van der Waals surface area (Å²) in [4.78, 5) is 23.6. The topological polar surface area (TPSA) is 89.5 Å². The molecule has 0 spiro atoms. The zero-order valence-electron chi connectivity index (χ0n) is 23.1. The Kier molecular flexibility index (Phi) is 11.4. The van der Waals surface area contributed by atoms with E-state index in [-0.39, 0.29) is 19.8 Å². The third-order valence-electron chi connectivity index (χ3n) is 6.47. The highest BCUT2D eigenvalue weighted by Crippen LogP contribution is 2.33. The van der Waals surface area contributed by atoms with Gasteiger partial charge in [0, 0.05) is 13.8 Å². The summed E-state index contributed by atoms with van der Waals surface area (Å²) >= 11 is 0. The first-order chi connectivity index (χ1) is 19.9. The highest BCUT2D eigenvalue weighted by Gasteiger charge is 2.52. The van der Waals surface area contributed by atoms with Crippen molar-refractivity contribution in [2.75, 3.05) is 6.61 Å². The van der Waals surface area contributed by atoms with E-state index in [4.69, 9.17) is 28.4 Å². The maximum absolute atomic E-state index is 15.7. The van der Waals surface area contributed by atoms with Crippen LogP contribution in [0.5, 0.6) is 0 Å². The van der Waals surface area contributed by atoms with Gasteiger partial charge in [0.05, 0.1) is 19.8 Å². The average molecular weight is 567 g/mol. The number of carbonyl (C=O) groups excluding carboxylic acids is 2. The standard InChI is InChI=1S/C32H35FO8/c1-22(34)36-21-27(33)28-29(37-18-24-12-6-3-7-13-24)30(38-19-25-14-8-4-9-15-25)31(32(41-28)40-23(2)35)39-20-26-16-10-5-11-17-26/h3-17,27-32H,18-21H2,1-2H3/t27-,28?,29?,30?,31?,32?/m0/s1. The van der Waals surface area contributed by atoms with Gasteiger partial charge < -0.3 is 28.4 Å². The molecule has 1 fully saturated rings. The first kappa shape index (κ1) is 30.3. The molecule has 9 heteroatoms. The normalized spacial score (nSPS) is 23.0. The lowest BCUT2D eigenvalue weighted by Crippen LogP contribution is -2.63. The summed E-state index contributed by atoms with van der Waals surface area (Å²) < 4.78 is 51.2. The first-order valence-corrected chi connectivity index (χ1v) is 13.5. The van der Waals surface area contributed by atoms with Gasteiger partial charge in [-0.1, -0.05) is 91.0 Å². The van der Waals surface area contributed by atoms with Gasteiger partial charge in [0.1, 0.15) is 31.0 Å². The van der Waals surface area contributed by atoms with Crippen molar-refractivity contribution in [1.82, 2.24) is 0 Å². The molecule has 5 unspecified atom stereocenters. The van der Waals surface area contributed by atoms with E-state index < -0.39 is 55.4 Å². The van der Waals surface area contributed by atoms with Gasteiger partial charge >= 0.3 is 11.9 Å². The van der Waals surface area contributed by atoms with Crippen LogP contribution in [0.1, 0.15) is 30.5 Å². The average Bonchev–Trinajstić information content (AvgIpc) is 2.98. The van der Waals surface area contributed by atoms with E-state index in [1.807, 2.05) is 91.0 Å². The molecule has 0 amide bonds. The SMILES string of the molecule is CC(=O)OC[C@H](F)C1OC(OC(C)=O)C(OCc2ccccc2)C(OCc2ccccc2)C1OCc1ccccc1. The van der Waals surface area contributed by atoms with Crippen LogP contribution in [0.4, 0.5) is 4.39 Å². The zero-order valence-corrected chi connectivity index (χ0v) is 23.1. The molecule has 0 aliphatic carbocycles. The number of alkyl halides is 1. The zero-order chi connectivity index (χ0) is 29.0. The fourth-order valence-corrected chi connectivity index (χ4v) is 4.53. The third-order valence-corrected chi connectivity index (χ3v) is 6.47. The Labute approximate surface area is 239 Å². The lowest BCUT2D eigenvalue weighted by Gasteiger charge is -2.46. The van der Waals surface area contributed by atoms with E-state index in [1.165, 1.54) is 13.8 Å². The Morgan fingerprint density at radius 3 is 1.56 bits per heavy atom. The molecule has 6 atom stereocenters. The molecule has 0 radical (unpaired) electrons. The second kappa shape index (κ2) is 15.4. The minimum Gasteiger partial charge on any atom is -0.463 e. The van der Waals surface area contributed by atoms with Gasteiger partial charge in [-0.2, -0.15) is 0 Å². The number of halogens is 1. The van der Waals surface area contributed by atoms with Crippen molar-refractivity contribution in [3.8, 4) is 0 Å². The summed E-state index contributed by atoms with van der Waals surface area (Å²) in [5.74, 6) is -1.27. The molecule has 1 saturated heterocycles. The highest BCUT2D eigenvalue weighted by molar-refractivity contribution is 5.66. The van der Waals surface area contributed by atoms with E-state index in [0.29, 0.717) is 0 Å². The summed E-state index contributed by atoms with van der Waals surface area (Å²) in [7, 11) is 0. The Balaban J connectivity index is 1.67. The number of benzene rings is 3. The molecule has 0 aromatic heterocycles. The van der Waals surface area contributed by atoms with Crippen molar-refractivity contribution in [3.05, 3.63) is 108 Å². The van der Waals surface area contributed by atoms with Crippen LogP contribution in [-0.4, -0.2) is 55.4 Å². The van der Waals surface area contributed by atoms with Crippen molar-refractivity contribution in [3.63, 3.8) is 0 Å². The molecule has 0 saturated carbocycles. The molecule has 1 aliphatic rings. The first-order valence-electron chi connectivity index (χ1n) is 13.5. The van der Waals surface area contributed by atoms with Gasteiger partial charge in [0.15, 0.2) is 6.17 Å². The molecule has 3 aromatic carbocycles. The van der Waals surface area contributed by atoms with E-state index in [1.54, 1.807) is 0 Å². The molecule has 218 valence electrons. The fourth-order valence-electron chi connectivity index (χ4n) is 4.53. The van der Waals surface area contributed by atoms with Crippen LogP contribution in [-0.2, 0) is 57.8 Å². The molecule has 8 nitrogen and oxygen atoms in total. The molecular weight excluding hydrogens is 531 g/mol. The van der Waals surface area contributed by atoms with Crippen LogP contribution in [0.25, 0.3) is 0 Å². The van der Waals surface area contributed by atoms with E-state index in [9.17, 15) is 9.59 Å². The largest absolute Gasteiger partial charge is 0.463 e. The van der Waals surface area contributed by atoms with Crippen molar-refractivity contribution in [1.29, 1.82) is 0 Å². The van der Waals surface area contributed by atoms with Crippen molar-refractivity contribution in [2.45, 2.75) is 70.5 Å². The molecular formula is C32H35FO8. The maximum Gasteiger partial charge on any atom is 0.305 e. The molecule has 1 heterocycles. The molecule has 3 aromatic rings. The summed E-state index contributed by atoms with van der Waals surface area (Å²) in [5, 5.41) is 0. The smallest absolute Gasteiger partial charge is 0.305 e. The summed E-state index contributed by atoms with van der Waals surface area (Å²) in [6.45, 7) is 2.29. The molecule has 0 bridgehead atoms. The van der Waals surface area contributed by atoms with E-state index in [0.717, 1.165) is 16.7 Å². The number of hydrogen-bond donors (Lipinski definition) is 0. The van der Waals surface area contributed by atoms with Crippen molar-refractivity contribution < 1.29 is 42.4 Å². The number of ether oxygens (including phenoxy) is 6. The Hall–Kier alpha value is -3.63. The van der Waals surface area contributed by atoms with E-state index in [2.05, 4.69) is 0 Å². The molecule has 41 heavy (non-hydrogen) atoms. The van der Waals surface area contributed by atoms with Crippen molar-refractivity contribution >= 4 is 11.9 Å². The fraction of sp³-hybridized carbons (Fsp3) is 0.375. The maximum atomic E-state index is 15.7. The Bertz CT molecular complexity index is 1210. The van der Waals surface area contributed by atoms with Gasteiger partial charge in [-0.25, -0.2) is 4.39 Å². The van der Waals surface area contributed by atoms with Crippen molar-refractivity contribution in [2.24, 2.45) is 0 Å². The van der Waals surface area contributed by atoms with Gasteiger partial charge in [-0.05, 0) is 16.7 Å². The lowest BCUT2D eigenvalue weighted by atomic mass is 9.95. The number of rotatable bonds is 13. The minimum absolute atomic E-state index is 0.125. The summed E-state index contributed by atoms with van der Waals surface area (Å²) in [6, 6.07) is 28.3. The Morgan fingerprint density at radius 1 is 0.683 bits per heavy atom. The quantitative estimate of drug-likeness (QED) is 0.269. The van der Waals surface area contributed by atoms with Crippen LogP contribution in [0.15, 0.2) is 91.0 Å². The number of hydrogen-bond acceptors (Lipinski definition) is 8. The summed E-state index contributed by atoms with van der Waals surface area (Å²) in [6.07, 6.45) is -7.34.